The van der Waals surface area contributed by atoms with E-state index in [4.69, 9.17) is 14.7 Å². The molecule has 0 saturated carbocycles. The molecule has 1 amide bonds. The number of benzene rings is 2. The molecule has 5 heteroatoms. The number of hydrogen-bond acceptors (Lipinski definition) is 4. The fourth-order valence-corrected chi connectivity index (χ4v) is 2.44. The lowest BCUT2D eigenvalue weighted by atomic mass is 10.1. The van der Waals surface area contributed by atoms with Gasteiger partial charge in [0.2, 0.25) is 5.91 Å². The second-order valence-corrected chi connectivity index (χ2v) is 5.69. The molecule has 0 spiro atoms. The first kappa shape index (κ1) is 18.3. The van der Waals surface area contributed by atoms with Gasteiger partial charge in [-0.15, -0.1) is 0 Å². The minimum absolute atomic E-state index is 0.126. The Hall–Kier alpha value is -3.00. The van der Waals surface area contributed by atoms with E-state index in [1.165, 1.54) is 5.56 Å². The highest BCUT2D eigenvalue weighted by Gasteiger charge is 2.08. The molecule has 0 heterocycles. The molecule has 0 atom stereocenters. The highest BCUT2D eigenvalue weighted by Crippen LogP contribution is 2.26. The summed E-state index contributed by atoms with van der Waals surface area (Å²) in [4.78, 5) is 11.4. The summed E-state index contributed by atoms with van der Waals surface area (Å²) in [5.74, 6) is 1.19. The van der Waals surface area contributed by atoms with E-state index in [1.54, 1.807) is 7.11 Å². The third kappa shape index (κ3) is 5.85. The lowest BCUT2D eigenvalue weighted by molar-refractivity contribution is -0.120. The van der Waals surface area contributed by atoms with Crippen molar-refractivity contribution in [1.29, 1.82) is 5.26 Å². The van der Waals surface area contributed by atoms with Crippen LogP contribution in [0.2, 0.25) is 0 Å². The fraction of sp³-hybridized carbons (Fsp3) is 0.300. The highest BCUT2D eigenvalue weighted by atomic mass is 16.5. The Labute approximate surface area is 148 Å². The van der Waals surface area contributed by atoms with E-state index in [-0.39, 0.29) is 12.3 Å². The minimum Gasteiger partial charge on any atom is -0.497 e. The normalized spacial score (nSPS) is 9.96. The van der Waals surface area contributed by atoms with Crippen LogP contribution in [0.15, 0.2) is 42.5 Å². The summed E-state index contributed by atoms with van der Waals surface area (Å²) in [7, 11) is 1.61. The molecule has 2 aromatic rings. The van der Waals surface area contributed by atoms with E-state index in [9.17, 15) is 4.79 Å². The zero-order chi connectivity index (χ0) is 18.1. The maximum Gasteiger partial charge on any atom is 0.234 e. The summed E-state index contributed by atoms with van der Waals surface area (Å²) in [5, 5.41) is 11.2. The molecule has 0 radical (unpaired) electrons. The van der Waals surface area contributed by atoms with Crippen molar-refractivity contribution in [2.24, 2.45) is 0 Å². The molecule has 2 aromatic carbocycles. The van der Waals surface area contributed by atoms with Crippen LogP contribution in [0.5, 0.6) is 11.5 Å². The number of rotatable bonds is 8. The molecule has 0 fully saturated rings. The number of carbonyl (C=O) groups excluding carboxylic acids is 1. The molecule has 2 rings (SSSR count). The number of ether oxygens (including phenoxy) is 2. The Kier molecular flexibility index (Phi) is 6.85. The third-order valence-corrected chi connectivity index (χ3v) is 3.71. The van der Waals surface area contributed by atoms with E-state index < -0.39 is 0 Å². The summed E-state index contributed by atoms with van der Waals surface area (Å²) < 4.78 is 11.3. The Morgan fingerprint density at radius 3 is 2.80 bits per heavy atom. The van der Waals surface area contributed by atoms with Crippen molar-refractivity contribution in [3.63, 3.8) is 0 Å². The first-order valence-corrected chi connectivity index (χ1v) is 8.11. The van der Waals surface area contributed by atoms with Gasteiger partial charge in [-0.2, -0.15) is 5.26 Å². The zero-order valence-corrected chi connectivity index (χ0v) is 14.5. The molecule has 0 aromatic heterocycles. The van der Waals surface area contributed by atoms with Crippen LogP contribution in [-0.2, 0) is 17.8 Å². The topological polar surface area (TPSA) is 71.3 Å². The van der Waals surface area contributed by atoms with Gasteiger partial charge in [-0.1, -0.05) is 35.9 Å². The molecule has 0 aliphatic carbocycles. The van der Waals surface area contributed by atoms with Crippen LogP contribution in [0.3, 0.4) is 0 Å². The van der Waals surface area contributed by atoms with Crippen molar-refractivity contribution in [3.8, 4) is 17.6 Å². The Morgan fingerprint density at radius 1 is 1.24 bits per heavy atom. The van der Waals surface area contributed by atoms with Gasteiger partial charge in [0, 0.05) is 12.6 Å². The number of methoxy groups -OCH3 is 1. The molecule has 0 bridgehead atoms. The van der Waals surface area contributed by atoms with Crippen molar-refractivity contribution in [2.75, 3.05) is 13.7 Å². The van der Waals surface area contributed by atoms with Crippen LogP contribution in [0.25, 0.3) is 0 Å². The molecule has 0 unspecified atom stereocenters. The summed E-state index contributed by atoms with van der Waals surface area (Å²) in [6.45, 7) is 2.96. The first-order chi connectivity index (χ1) is 12.1. The molecule has 1 N–H and O–H groups in total. The first-order valence-electron chi connectivity index (χ1n) is 8.11. The standard InChI is InChI=1S/C20H22N2O3/c1-15-4-3-5-16(12-15)14-25-19-13-18(24-2)7-6-17(19)9-11-22-20(23)8-10-21/h3-7,12-13H,8-9,11,14H2,1-2H3,(H,22,23). The lowest BCUT2D eigenvalue weighted by Crippen LogP contribution is -2.25. The minimum atomic E-state index is -0.266. The van der Waals surface area contributed by atoms with Crippen molar-refractivity contribution < 1.29 is 14.3 Å². The molecule has 0 aliphatic rings. The molecular formula is C20H22N2O3. The number of hydrogen-bond donors (Lipinski definition) is 1. The molecule has 130 valence electrons. The number of nitrogens with zero attached hydrogens (tertiary/aromatic N) is 1. The quantitative estimate of drug-likeness (QED) is 0.802. The zero-order valence-electron chi connectivity index (χ0n) is 14.5. The van der Waals surface area contributed by atoms with Crippen LogP contribution in [-0.4, -0.2) is 19.6 Å². The van der Waals surface area contributed by atoms with Gasteiger partial charge in [0.05, 0.1) is 13.2 Å². The summed E-state index contributed by atoms with van der Waals surface area (Å²) in [6.07, 6.45) is 0.490. The van der Waals surface area contributed by atoms with Crippen LogP contribution < -0.4 is 14.8 Å². The van der Waals surface area contributed by atoms with E-state index in [0.29, 0.717) is 19.6 Å². The SMILES string of the molecule is COc1ccc(CCNC(=O)CC#N)c(OCc2cccc(C)c2)c1. The van der Waals surface area contributed by atoms with Gasteiger partial charge in [-0.25, -0.2) is 0 Å². The Bertz CT molecular complexity index is 766. The van der Waals surface area contributed by atoms with Crippen LogP contribution >= 0.6 is 0 Å². The highest BCUT2D eigenvalue weighted by molar-refractivity contribution is 5.77. The number of amides is 1. The van der Waals surface area contributed by atoms with Gasteiger partial charge in [-0.3, -0.25) is 4.79 Å². The average Bonchev–Trinajstić information content (AvgIpc) is 2.61. The predicted molar refractivity (Wildman–Crippen MR) is 95.4 cm³/mol. The summed E-state index contributed by atoms with van der Waals surface area (Å²) >= 11 is 0. The van der Waals surface area contributed by atoms with Crippen molar-refractivity contribution >= 4 is 5.91 Å². The van der Waals surface area contributed by atoms with E-state index >= 15 is 0 Å². The maximum atomic E-state index is 11.4. The monoisotopic (exact) mass is 338 g/mol. The van der Waals surface area contributed by atoms with Crippen LogP contribution in [0.4, 0.5) is 0 Å². The Balaban J connectivity index is 2.03. The van der Waals surface area contributed by atoms with Crippen molar-refractivity contribution in [3.05, 3.63) is 59.2 Å². The van der Waals surface area contributed by atoms with Crippen molar-refractivity contribution in [2.45, 2.75) is 26.4 Å². The van der Waals surface area contributed by atoms with Gasteiger partial charge in [0.25, 0.3) is 0 Å². The second-order valence-electron chi connectivity index (χ2n) is 5.69. The predicted octanol–water partition coefficient (Wildman–Crippen LogP) is 3.16. The summed E-state index contributed by atoms with van der Waals surface area (Å²) in [6, 6.07) is 15.6. The van der Waals surface area contributed by atoms with Gasteiger partial charge >= 0.3 is 0 Å². The fourth-order valence-electron chi connectivity index (χ4n) is 2.44. The van der Waals surface area contributed by atoms with E-state index in [0.717, 1.165) is 22.6 Å². The van der Waals surface area contributed by atoms with Crippen LogP contribution in [0.1, 0.15) is 23.1 Å². The number of nitriles is 1. The molecule has 0 aliphatic heterocycles. The lowest BCUT2D eigenvalue weighted by Gasteiger charge is -2.14. The molecule has 0 saturated heterocycles. The molecule has 5 nitrogen and oxygen atoms in total. The summed E-state index contributed by atoms with van der Waals surface area (Å²) in [5.41, 5.74) is 3.26. The smallest absolute Gasteiger partial charge is 0.234 e. The van der Waals surface area contributed by atoms with Gasteiger partial charge < -0.3 is 14.8 Å². The number of carbonyl (C=O) groups is 1. The largest absolute Gasteiger partial charge is 0.497 e. The van der Waals surface area contributed by atoms with Crippen molar-refractivity contribution in [1.82, 2.24) is 5.32 Å². The van der Waals surface area contributed by atoms with E-state index in [2.05, 4.69) is 11.4 Å². The maximum absolute atomic E-state index is 11.4. The van der Waals surface area contributed by atoms with Crippen LogP contribution in [0, 0.1) is 18.3 Å². The average molecular weight is 338 g/mol. The number of aryl methyl sites for hydroxylation is 1. The number of nitrogens with one attached hydrogen (secondary N) is 1. The van der Waals surface area contributed by atoms with Gasteiger partial charge in [-0.05, 0) is 30.5 Å². The Morgan fingerprint density at radius 2 is 2.08 bits per heavy atom. The van der Waals surface area contributed by atoms with Gasteiger partial charge in [0.15, 0.2) is 0 Å². The second kappa shape index (κ2) is 9.33. The molecular weight excluding hydrogens is 316 g/mol. The third-order valence-electron chi connectivity index (χ3n) is 3.71. The van der Waals surface area contributed by atoms with E-state index in [1.807, 2.05) is 49.4 Å². The van der Waals surface area contributed by atoms with Gasteiger partial charge in [0.1, 0.15) is 24.5 Å². The molecule has 25 heavy (non-hydrogen) atoms.